The second-order valence-electron chi connectivity index (χ2n) is 8.73. The van der Waals surface area contributed by atoms with Gasteiger partial charge in [0.25, 0.3) is 0 Å². The summed E-state index contributed by atoms with van der Waals surface area (Å²) < 4.78 is 0. The Morgan fingerprint density at radius 3 is 2.56 bits per heavy atom. The topological polar surface area (TPSA) is 69.8 Å². The lowest BCUT2D eigenvalue weighted by atomic mass is 9.48. The van der Waals surface area contributed by atoms with Crippen LogP contribution in [0.15, 0.2) is 24.5 Å². The molecule has 6 rings (SSSR count). The van der Waals surface area contributed by atoms with E-state index in [4.69, 9.17) is 0 Å². The highest BCUT2D eigenvalue weighted by Gasteiger charge is 2.53. The summed E-state index contributed by atoms with van der Waals surface area (Å²) >= 11 is 0. The fraction of sp³-hybridized carbons (Fsp3) is 0.600. The Hall–Kier alpha value is -2.04. The van der Waals surface area contributed by atoms with Gasteiger partial charge >= 0.3 is 6.03 Å². The molecule has 25 heavy (non-hydrogen) atoms. The number of nitrogens with one attached hydrogen (secondary N) is 3. The number of carbonyl (C=O) groups excluding carboxylic acids is 1. The second kappa shape index (κ2) is 5.48. The van der Waals surface area contributed by atoms with E-state index in [1.807, 2.05) is 18.2 Å². The van der Waals surface area contributed by atoms with Gasteiger partial charge in [-0.05, 0) is 86.8 Å². The Labute approximate surface area is 148 Å². The number of urea groups is 1. The minimum Gasteiger partial charge on any atom is -0.345 e. The van der Waals surface area contributed by atoms with Crippen LogP contribution >= 0.6 is 0 Å². The number of anilines is 1. The highest BCUT2D eigenvalue weighted by molar-refractivity contribution is 5.92. The van der Waals surface area contributed by atoms with Crippen molar-refractivity contribution in [2.24, 2.45) is 23.2 Å². The average molecular weight is 338 g/mol. The van der Waals surface area contributed by atoms with Gasteiger partial charge in [-0.25, -0.2) is 9.78 Å². The fourth-order valence-corrected chi connectivity index (χ4v) is 6.24. The Bertz CT molecular complexity index is 776. The van der Waals surface area contributed by atoms with Gasteiger partial charge in [0, 0.05) is 11.7 Å². The van der Waals surface area contributed by atoms with Gasteiger partial charge in [-0.15, -0.1) is 0 Å². The molecule has 4 saturated carbocycles. The van der Waals surface area contributed by atoms with Crippen molar-refractivity contribution in [3.63, 3.8) is 0 Å². The maximum atomic E-state index is 12.5. The highest BCUT2D eigenvalue weighted by atomic mass is 16.2. The first-order valence-corrected chi connectivity index (χ1v) is 9.60. The van der Waals surface area contributed by atoms with Gasteiger partial charge < -0.3 is 15.6 Å². The van der Waals surface area contributed by atoms with Crippen LogP contribution in [0.1, 0.15) is 45.4 Å². The first-order valence-electron chi connectivity index (χ1n) is 9.60. The first-order chi connectivity index (χ1) is 12.1. The van der Waals surface area contributed by atoms with E-state index in [0.717, 1.165) is 34.5 Å². The molecule has 5 heteroatoms. The zero-order valence-electron chi connectivity index (χ0n) is 14.7. The molecule has 4 fully saturated rings. The summed E-state index contributed by atoms with van der Waals surface area (Å²) in [4.78, 5) is 19.8. The van der Waals surface area contributed by atoms with E-state index in [-0.39, 0.29) is 12.1 Å². The van der Waals surface area contributed by atoms with Crippen molar-refractivity contribution in [1.82, 2.24) is 15.3 Å². The zero-order chi connectivity index (χ0) is 17.0. The Balaban J connectivity index is 1.27. The summed E-state index contributed by atoms with van der Waals surface area (Å²) in [6.07, 6.45) is 9.89. The third-order valence-electron chi connectivity index (χ3n) is 7.03. The molecule has 1 aromatic carbocycles. The number of aromatic amines is 1. The normalized spacial score (nSPS) is 34.2. The number of H-pyrrole nitrogens is 1. The molecule has 0 saturated heterocycles. The number of amides is 2. The van der Waals surface area contributed by atoms with E-state index in [0.29, 0.717) is 5.41 Å². The second-order valence-corrected chi connectivity index (χ2v) is 8.73. The average Bonchev–Trinajstić information content (AvgIpc) is 3.01. The van der Waals surface area contributed by atoms with Gasteiger partial charge in [-0.1, -0.05) is 0 Å². The van der Waals surface area contributed by atoms with E-state index in [1.54, 1.807) is 6.33 Å². The summed E-state index contributed by atoms with van der Waals surface area (Å²) in [7, 11) is 0. The van der Waals surface area contributed by atoms with Crippen LogP contribution in [0, 0.1) is 23.2 Å². The lowest BCUT2D eigenvalue weighted by Crippen LogP contribution is -2.56. The van der Waals surface area contributed by atoms with Crippen molar-refractivity contribution in [2.75, 3.05) is 5.32 Å². The van der Waals surface area contributed by atoms with Gasteiger partial charge in [-0.2, -0.15) is 0 Å². The molecule has 132 valence electrons. The van der Waals surface area contributed by atoms with Crippen LogP contribution < -0.4 is 10.6 Å². The number of benzene rings is 1. The molecule has 3 N–H and O–H groups in total. The lowest BCUT2D eigenvalue weighted by molar-refractivity contribution is -0.0679. The predicted molar refractivity (Wildman–Crippen MR) is 98.3 cm³/mol. The van der Waals surface area contributed by atoms with Crippen LogP contribution in [-0.2, 0) is 0 Å². The summed E-state index contributed by atoms with van der Waals surface area (Å²) in [6, 6.07) is 5.89. The number of nitrogens with zero attached hydrogens (tertiary/aromatic N) is 1. The lowest BCUT2D eigenvalue weighted by Gasteiger charge is -2.59. The Kier molecular flexibility index (Phi) is 3.34. The number of imidazole rings is 1. The van der Waals surface area contributed by atoms with Crippen LogP contribution in [0.5, 0.6) is 0 Å². The minimum atomic E-state index is -0.0953. The van der Waals surface area contributed by atoms with Crippen molar-refractivity contribution < 1.29 is 4.79 Å². The van der Waals surface area contributed by atoms with E-state index < -0.39 is 0 Å². The molecule has 0 radical (unpaired) electrons. The van der Waals surface area contributed by atoms with Crippen LogP contribution in [0.2, 0.25) is 0 Å². The summed E-state index contributed by atoms with van der Waals surface area (Å²) in [5.74, 6) is 2.71. The van der Waals surface area contributed by atoms with Crippen LogP contribution in [0.25, 0.3) is 11.0 Å². The van der Waals surface area contributed by atoms with E-state index in [2.05, 4.69) is 27.5 Å². The number of aromatic nitrogens is 2. The smallest absolute Gasteiger partial charge is 0.319 e. The summed E-state index contributed by atoms with van der Waals surface area (Å²) in [6.45, 7) is 2.21. The van der Waals surface area contributed by atoms with E-state index >= 15 is 0 Å². The van der Waals surface area contributed by atoms with Gasteiger partial charge in [-0.3, -0.25) is 0 Å². The third-order valence-corrected chi connectivity index (χ3v) is 7.03. The van der Waals surface area contributed by atoms with Gasteiger partial charge in [0.05, 0.1) is 17.4 Å². The molecular weight excluding hydrogens is 312 g/mol. The Morgan fingerprint density at radius 1 is 1.20 bits per heavy atom. The van der Waals surface area contributed by atoms with Crippen LogP contribution in [-0.4, -0.2) is 22.0 Å². The van der Waals surface area contributed by atoms with Crippen LogP contribution in [0.3, 0.4) is 0 Å². The molecule has 1 atom stereocenters. The van der Waals surface area contributed by atoms with Crippen molar-refractivity contribution in [2.45, 2.75) is 51.5 Å². The SMILES string of the molecule is CC(NC(=O)Nc1ccc2nc[nH]c2c1)C12CC3CC(CC(C3)C1)C2. The van der Waals surface area contributed by atoms with Gasteiger partial charge in [0.15, 0.2) is 0 Å². The van der Waals surface area contributed by atoms with Gasteiger partial charge in [0.1, 0.15) is 0 Å². The van der Waals surface area contributed by atoms with Gasteiger partial charge in [0.2, 0.25) is 0 Å². The summed E-state index contributed by atoms with van der Waals surface area (Å²) in [5, 5.41) is 6.24. The maximum Gasteiger partial charge on any atom is 0.319 e. The molecule has 4 aliphatic carbocycles. The molecule has 0 spiro atoms. The largest absolute Gasteiger partial charge is 0.345 e. The number of fused-ring (bicyclic) bond motifs is 1. The molecule has 1 heterocycles. The first kappa shape index (κ1) is 15.2. The van der Waals surface area contributed by atoms with Crippen molar-refractivity contribution >= 4 is 22.8 Å². The molecule has 1 unspecified atom stereocenters. The minimum absolute atomic E-state index is 0.0953. The highest BCUT2D eigenvalue weighted by Crippen LogP contribution is 2.61. The zero-order valence-corrected chi connectivity index (χ0v) is 14.7. The molecule has 0 aliphatic heterocycles. The molecule has 1 aromatic heterocycles. The number of carbonyl (C=O) groups is 1. The maximum absolute atomic E-state index is 12.5. The quantitative estimate of drug-likeness (QED) is 0.781. The molecular formula is C20H26N4O. The molecule has 4 bridgehead atoms. The van der Waals surface area contributed by atoms with Crippen molar-refractivity contribution in [3.05, 3.63) is 24.5 Å². The predicted octanol–water partition coefficient (Wildman–Crippen LogP) is 4.29. The third kappa shape index (κ3) is 2.60. The van der Waals surface area contributed by atoms with E-state index in [1.165, 1.54) is 38.5 Å². The monoisotopic (exact) mass is 338 g/mol. The van der Waals surface area contributed by atoms with E-state index in [9.17, 15) is 4.79 Å². The summed E-state index contributed by atoms with van der Waals surface area (Å²) in [5.41, 5.74) is 2.98. The molecule has 2 amide bonds. The molecule has 5 nitrogen and oxygen atoms in total. The number of hydrogen-bond donors (Lipinski definition) is 3. The molecule has 4 aliphatic rings. The molecule has 2 aromatic rings. The Morgan fingerprint density at radius 2 is 1.88 bits per heavy atom. The van der Waals surface area contributed by atoms with Crippen LogP contribution in [0.4, 0.5) is 10.5 Å². The fourth-order valence-electron chi connectivity index (χ4n) is 6.24. The standard InChI is InChI=1S/C20H26N4O/c1-12(20-8-13-4-14(9-20)6-15(5-13)10-20)23-19(25)24-16-2-3-17-18(7-16)22-11-21-17/h2-3,7,11-15H,4-6,8-10H2,1H3,(H,21,22)(H2,23,24,25). The van der Waals surface area contributed by atoms with Crippen molar-refractivity contribution in [3.8, 4) is 0 Å². The number of hydrogen-bond acceptors (Lipinski definition) is 2. The van der Waals surface area contributed by atoms with Crippen molar-refractivity contribution in [1.29, 1.82) is 0 Å². The number of rotatable bonds is 3.